The van der Waals surface area contributed by atoms with Crippen LogP contribution < -0.4 is 15.1 Å². The lowest BCUT2D eigenvalue weighted by molar-refractivity contribution is 0.253. The number of para-hydroxylation sites is 2. The number of carbonyl (C=O) groups excluding carboxylic acids is 1. The first-order valence-electron chi connectivity index (χ1n) is 11.7. The van der Waals surface area contributed by atoms with E-state index in [0.29, 0.717) is 18.8 Å². The second kappa shape index (κ2) is 11.3. The Morgan fingerprint density at radius 1 is 0.882 bits per heavy atom. The minimum Gasteiger partial charge on any atom is -0.542 e. The first-order chi connectivity index (χ1) is 15.5. The molecule has 1 aromatic rings. The van der Waals surface area contributed by atoms with Crippen LogP contribution in [-0.4, -0.2) is 35.8 Å². The summed E-state index contributed by atoms with van der Waals surface area (Å²) in [6.07, 6.45) is 4.17. The normalized spacial score (nSPS) is 15.4. The molecule has 0 fully saturated rings. The molecule has 0 atom stereocenters. The summed E-state index contributed by atoms with van der Waals surface area (Å²) < 4.78 is 12.8. The van der Waals surface area contributed by atoms with E-state index in [-0.39, 0.29) is 16.1 Å². The Balaban J connectivity index is 1.91. The topological polar surface area (TPSA) is 59.6 Å². The quantitative estimate of drug-likeness (QED) is 0.257. The Kier molecular flexibility index (Phi) is 9.66. The van der Waals surface area contributed by atoms with Crippen LogP contribution in [0.5, 0.6) is 5.75 Å². The Bertz CT molecular complexity index is 933. The minimum absolute atomic E-state index is 0.0762. The molecule has 0 spiro atoms. The fourth-order valence-electron chi connectivity index (χ4n) is 2.40. The lowest BCUT2D eigenvalue weighted by Gasteiger charge is -2.37. The Labute approximate surface area is 216 Å². The third-order valence-electron chi connectivity index (χ3n) is 6.82. The molecule has 190 valence electrons. The van der Waals surface area contributed by atoms with Gasteiger partial charge in [0.05, 0.1) is 18.8 Å². The van der Waals surface area contributed by atoms with E-state index >= 15 is 0 Å². The van der Waals surface area contributed by atoms with Gasteiger partial charge in [0.15, 0.2) is 8.32 Å². The fourth-order valence-corrected chi connectivity index (χ4v) is 6.48. The SMILES string of the molecule is CC(C)(C)[Si](C)(C)OCC1=CC=C(CNC(=O)Nc2ccccc2O[Si](C)(C)C(C)(C)C)SS1. The molecule has 0 saturated carbocycles. The van der Waals surface area contributed by atoms with E-state index in [0.717, 1.165) is 10.7 Å². The summed E-state index contributed by atoms with van der Waals surface area (Å²) in [6, 6.07) is 7.40. The molecule has 34 heavy (non-hydrogen) atoms. The maximum atomic E-state index is 12.6. The molecule has 5 nitrogen and oxygen atoms in total. The maximum absolute atomic E-state index is 12.6. The number of urea groups is 1. The third-order valence-corrected chi connectivity index (χ3v) is 18.2. The molecule has 0 bridgehead atoms. The number of hydrogen-bond acceptors (Lipinski definition) is 5. The predicted octanol–water partition coefficient (Wildman–Crippen LogP) is 8.38. The summed E-state index contributed by atoms with van der Waals surface area (Å²) in [5.41, 5.74) is 0.689. The van der Waals surface area contributed by atoms with Gasteiger partial charge in [-0.15, -0.1) is 0 Å². The monoisotopic (exact) mass is 538 g/mol. The number of nitrogens with one attached hydrogen (secondary N) is 2. The number of rotatable bonds is 8. The van der Waals surface area contributed by atoms with Gasteiger partial charge in [-0.25, -0.2) is 4.79 Å². The molecule has 9 heteroatoms. The predicted molar refractivity (Wildman–Crippen MR) is 156 cm³/mol. The summed E-state index contributed by atoms with van der Waals surface area (Å²) in [4.78, 5) is 14.9. The van der Waals surface area contributed by atoms with Crippen LogP contribution in [0.1, 0.15) is 41.5 Å². The van der Waals surface area contributed by atoms with Crippen molar-refractivity contribution in [3.05, 3.63) is 46.2 Å². The third kappa shape index (κ3) is 8.22. The molecule has 1 aliphatic heterocycles. The van der Waals surface area contributed by atoms with Crippen LogP contribution >= 0.6 is 21.6 Å². The highest BCUT2D eigenvalue weighted by Gasteiger charge is 2.39. The van der Waals surface area contributed by atoms with E-state index < -0.39 is 16.6 Å². The van der Waals surface area contributed by atoms with Crippen molar-refractivity contribution in [3.63, 3.8) is 0 Å². The van der Waals surface area contributed by atoms with Gasteiger partial charge < -0.3 is 19.5 Å². The van der Waals surface area contributed by atoms with Crippen molar-refractivity contribution in [1.29, 1.82) is 0 Å². The number of carbonyl (C=O) groups is 1. The molecule has 0 aliphatic carbocycles. The van der Waals surface area contributed by atoms with Crippen LogP contribution in [0.4, 0.5) is 10.5 Å². The summed E-state index contributed by atoms with van der Waals surface area (Å²) in [5, 5.41) is 6.20. The summed E-state index contributed by atoms with van der Waals surface area (Å²) >= 11 is 0. The first-order valence-corrected chi connectivity index (χ1v) is 19.7. The van der Waals surface area contributed by atoms with Gasteiger partial charge in [-0.1, -0.05) is 75.3 Å². The number of hydrogen-bond donors (Lipinski definition) is 2. The Hall–Kier alpha value is -1.14. The average Bonchev–Trinajstić information content (AvgIpc) is 2.71. The highest BCUT2D eigenvalue weighted by atomic mass is 33.1. The number of amides is 2. The lowest BCUT2D eigenvalue weighted by atomic mass is 10.2. The second-order valence-corrected chi connectivity index (χ2v) is 23.6. The molecule has 0 saturated heterocycles. The first kappa shape index (κ1) is 29.1. The largest absolute Gasteiger partial charge is 0.542 e. The standard InChI is InChI=1S/C25H42N2O3S2Si2/c1-24(2,3)33(7,8)29-18-20-16-15-19(31-32-20)17-26-23(28)27-21-13-11-12-14-22(21)30-34(9,10)25(4,5)6/h11-16H,17-18H2,1-10H3,(H2,26,27,28). The van der Waals surface area contributed by atoms with E-state index in [1.165, 1.54) is 4.91 Å². The molecule has 0 radical (unpaired) electrons. The van der Waals surface area contributed by atoms with E-state index in [1.807, 2.05) is 24.3 Å². The van der Waals surface area contributed by atoms with Gasteiger partial charge in [0.25, 0.3) is 8.32 Å². The van der Waals surface area contributed by atoms with E-state index in [2.05, 4.69) is 90.5 Å². The summed E-state index contributed by atoms with van der Waals surface area (Å²) in [6.45, 7) is 23.4. The molecule has 2 N–H and O–H groups in total. The van der Waals surface area contributed by atoms with Crippen molar-refractivity contribution < 1.29 is 13.6 Å². The van der Waals surface area contributed by atoms with Crippen molar-refractivity contribution in [2.45, 2.75) is 77.8 Å². The van der Waals surface area contributed by atoms with Crippen molar-refractivity contribution in [2.24, 2.45) is 0 Å². The zero-order valence-corrected chi connectivity index (χ0v) is 26.1. The average molecular weight is 539 g/mol. The summed E-state index contributed by atoms with van der Waals surface area (Å²) in [7, 11) is -0.388. The van der Waals surface area contributed by atoms with Crippen molar-refractivity contribution in [1.82, 2.24) is 5.32 Å². The molecule has 1 aromatic carbocycles. The van der Waals surface area contributed by atoms with Gasteiger partial charge in [0.2, 0.25) is 0 Å². The van der Waals surface area contributed by atoms with Gasteiger partial charge >= 0.3 is 6.03 Å². The van der Waals surface area contributed by atoms with Crippen LogP contribution in [0.15, 0.2) is 46.2 Å². The Morgan fingerprint density at radius 3 is 2.00 bits per heavy atom. The number of benzene rings is 1. The van der Waals surface area contributed by atoms with Crippen LogP contribution in [0.3, 0.4) is 0 Å². The molecule has 0 aromatic heterocycles. The van der Waals surface area contributed by atoms with Crippen LogP contribution in [0.2, 0.25) is 36.3 Å². The van der Waals surface area contributed by atoms with E-state index in [4.69, 9.17) is 8.85 Å². The fraction of sp³-hybridized carbons (Fsp3) is 0.560. The number of allylic oxidation sites excluding steroid dienone is 2. The second-order valence-electron chi connectivity index (χ2n) is 11.6. The zero-order chi connectivity index (χ0) is 25.8. The molecule has 1 heterocycles. The lowest BCUT2D eigenvalue weighted by Crippen LogP contribution is -2.44. The van der Waals surface area contributed by atoms with Crippen molar-refractivity contribution in [3.8, 4) is 5.75 Å². The van der Waals surface area contributed by atoms with Gasteiger partial charge in [-0.2, -0.15) is 0 Å². The minimum atomic E-state index is -2.01. The van der Waals surface area contributed by atoms with Gasteiger partial charge in [0.1, 0.15) is 5.75 Å². The molecule has 1 aliphatic rings. The smallest absolute Gasteiger partial charge is 0.319 e. The molecule has 2 rings (SSSR count). The highest BCUT2D eigenvalue weighted by Crippen LogP contribution is 2.42. The van der Waals surface area contributed by atoms with Crippen molar-refractivity contribution >= 4 is 49.9 Å². The highest BCUT2D eigenvalue weighted by molar-refractivity contribution is 8.79. The molecule has 2 amide bonds. The molecular formula is C25H42N2O3S2Si2. The van der Waals surface area contributed by atoms with Crippen LogP contribution in [0, 0.1) is 0 Å². The van der Waals surface area contributed by atoms with Crippen LogP contribution in [-0.2, 0) is 4.43 Å². The van der Waals surface area contributed by atoms with Gasteiger partial charge in [0, 0.05) is 9.81 Å². The summed E-state index contributed by atoms with van der Waals surface area (Å²) in [5.74, 6) is 0.723. The Morgan fingerprint density at radius 2 is 1.44 bits per heavy atom. The van der Waals surface area contributed by atoms with E-state index in [9.17, 15) is 4.79 Å². The van der Waals surface area contributed by atoms with Gasteiger partial charge in [-0.05, 0) is 60.5 Å². The number of anilines is 1. The zero-order valence-electron chi connectivity index (χ0n) is 22.4. The molecule has 0 unspecified atom stereocenters. The van der Waals surface area contributed by atoms with E-state index in [1.54, 1.807) is 21.6 Å². The van der Waals surface area contributed by atoms with Crippen LogP contribution in [0.25, 0.3) is 0 Å². The van der Waals surface area contributed by atoms with Crippen molar-refractivity contribution in [2.75, 3.05) is 18.5 Å². The maximum Gasteiger partial charge on any atom is 0.319 e. The van der Waals surface area contributed by atoms with Gasteiger partial charge in [-0.3, -0.25) is 0 Å². The molecular weight excluding hydrogens is 497 g/mol.